The van der Waals surface area contributed by atoms with Crippen molar-refractivity contribution in [3.8, 4) is 0 Å². The zero-order valence-corrected chi connectivity index (χ0v) is 9.73. The predicted molar refractivity (Wildman–Crippen MR) is 55.7 cm³/mol. The van der Waals surface area contributed by atoms with Crippen LogP contribution in [0.1, 0.15) is 18.1 Å². The second kappa shape index (κ2) is 4.15. The Morgan fingerprint density at radius 3 is 2.35 bits per heavy atom. The number of alkyl halides is 3. The first-order valence-corrected chi connectivity index (χ1v) is 5.36. The summed E-state index contributed by atoms with van der Waals surface area (Å²) < 4.78 is 48.6. The lowest BCUT2D eigenvalue weighted by Crippen LogP contribution is -2.23. The van der Waals surface area contributed by atoms with Crippen molar-refractivity contribution in [1.82, 2.24) is 0 Å². The number of hydrogen-bond acceptors (Lipinski definition) is 2. The van der Waals surface area contributed by atoms with E-state index >= 15 is 0 Å². The van der Waals surface area contributed by atoms with Gasteiger partial charge in [-0.15, -0.1) is 0 Å². The first-order chi connectivity index (χ1) is 7.83. The normalized spacial score (nSPS) is 19.6. The summed E-state index contributed by atoms with van der Waals surface area (Å²) in [7, 11) is 0. The molecule has 2 nitrogen and oxygen atoms in total. The summed E-state index contributed by atoms with van der Waals surface area (Å²) >= 11 is 5.53. The molecule has 0 bridgehead atoms. The SMILES string of the molecule is CC1(c2ccc(Cl)c(C(F)(F)F)c2)OCCO1. The highest BCUT2D eigenvalue weighted by Gasteiger charge is 2.38. The Labute approximate surface area is 101 Å². The maximum Gasteiger partial charge on any atom is 0.417 e. The number of hydrogen-bond donors (Lipinski definition) is 0. The van der Waals surface area contributed by atoms with E-state index in [0.717, 1.165) is 6.07 Å². The Bertz CT molecular complexity index is 425. The van der Waals surface area contributed by atoms with E-state index in [-0.39, 0.29) is 5.02 Å². The van der Waals surface area contributed by atoms with E-state index in [1.807, 2.05) is 0 Å². The molecular weight excluding hydrogens is 257 g/mol. The van der Waals surface area contributed by atoms with Crippen LogP contribution in [0.5, 0.6) is 0 Å². The molecule has 1 aliphatic rings. The lowest BCUT2D eigenvalue weighted by atomic mass is 10.0. The van der Waals surface area contributed by atoms with E-state index in [4.69, 9.17) is 21.1 Å². The number of ether oxygens (including phenoxy) is 2. The molecule has 0 spiro atoms. The van der Waals surface area contributed by atoms with Crippen molar-refractivity contribution < 1.29 is 22.6 Å². The van der Waals surface area contributed by atoms with Gasteiger partial charge in [-0.3, -0.25) is 0 Å². The quantitative estimate of drug-likeness (QED) is 0.773. The third kappa shape index (κ3) is 2.41. The van der Waals surface area contributed by atoms with Crippen molar-refractivity contribution in [3.05, 3.63) is 34.3 Å². The van der Waals surface area contributed by atoms with Crippen molar-refractivity contribution in [2.45, 2.75) is 18.9 Å². The smallest absolute Gasteiger partial charge is 0.344 e. The maximum absolute atomic E-state index is 12.7. The van der Waals surface area contributed by atoms with Gasteiger partial charge in [-0.1, -0.05) is 17.7 Å². The number of rotatable bonds is 1. The molecule has 0 saturated carbocycles. The zero-order chi connectivity index (χ0) is 12.7. The van der Waals surface area contributed by atoms with Crippen molar-refractivity contribution in [3.63, 3.8) is 0 Å². The predicted octanol–water partition coefficient (Wildman–Crippen LogP) is 3.58. The van der Waals surface area contributed by atoms with Gasteiger partial charge in [0.15, 0.2) is 5.79 Å². The highest BCUT2D eigenvalue weighted by atomic mass is 35.5. The molecular formula is C11H10ClF3O2. The second-order valence-corrected chi connectivity index (χ2v) is 4.24. The summed E-state index contributed by atoms with van der Waals surface area (Å²) in [6.07, 6.45) is -4.48. The standard InChI is InChI=1S/C11H10ClF3O2/c1-10(16-4-5-17-10)7-2-3-9(12)8(6-7)11(13,14)15/h2-3,6H,4-5H2,1H3. The molecule has 0 aromatic heterocycles. The molecule has 6 heteroatoms. The van der Waals surface area contributed by atoms with Gasteiger partial charge in [0, 0.05) is 5.56 Å². The summed E-state index contributed by atoms with van der Waals surface area (Å²) in [5.74, 6) is -1.12. The van der Waals surface area contributed by atoms with E-state index in [2.05, 4.69) is 0 Å². The van der Waals surface area contributed by atoms with Gasteiger partial charge in [-0.25, -0.2) is 0 Å². The summed E-state index contributed by atoms with van der Waals surface area (Å²) in [5.41, 5.74) is -0.566. The maximum atomic E-state index is 12.7. The highest BCUT2D eigenvalue weighted by Crippen LogP contribution is 2.39. The van der Waals surface area contributed by atoms with E-state index in [1.54, 1.807) is 6.92 Å². The first kappa shape index (κ1) is 12.7. The Balaban J connectivity index is 2.44. The molecule has 1 saturated heterocycles. The third-order valence-corrected chi connectivity index (χ3v) is 2.96. The van der Waals surface area contributed by atoms with Gasteiger partial charge in [-0.05, 0) is 19.1 Å². The molecule has 2 rings (SSSR count). The lowest BCUT2D eigenvalue weighted by molar-refractivity contribution is -0.151. The van der Waals surface area contributed by atoms with Crippen LogP contribution in [0.15, 0.2) is 18.2 Å². The van der Waals surface area contributed by atoms with Crippen LogP contribution in [0.4, 0.5) is 13.2 Å². The van der Waals surface area contributed by atoms with E-state index in [0.29, 0.717) is 18.8 Å². The molecule has 1 aromatic carbocycles. The van der Waals surface area contributed by atoms with Gasteiger partial charge in [-0.2, -0.15) is 13.2 Å². The van der Waals surface area contributed by atoms with Crippen LogP contribution in [0.25, 0.3) is 0 Å². The van der Waals surface area contributed by atoms with Crippen LogP contribution in [-0.2, 0) is 21.4 Å². The summed E-state index contributed by atoms with van der Waals surface area (Å²) in [6, 6.07) is 3.65. The Morgan fingerprint density at radius 1 is 1.24 bits per heavy atom. The average Bonchev–Trinajstić information content (AvgIpc) is 2.65. The summed E-state index contributed by atoms with van der Waals surface area (Å²) in [6.45, 7) is 2.31. The Kier molecular flexibility index (Phi) is 3.10. The van der Waals surface area contributed by atoms with Crippen LogP contribution >= 0.6 is 11.6 Å². The van der Waals surface area contributed by atoms with Gasteiger partial charge in [0.2, 0.25) is 0 Å². The zero-order valence-electron chi connectivity index (χ0n) is 8.97. The van der Waals surface area contributed by atoms with Crippen molar-refractivity contribution >= 4 is 11.6 Å². The highest BCUT2D eigenvalue weighted by molar-refractivity contribution is 6.31. The van der Waals surface area contributed by atoms with Crippen LogP contribution in [0, 0.1) is 0 Å². The fourth-order valence-electron chi connectivity index (χ4n) is 1.71. The van der Waals surface area contributed by atoms with Crippen LogP contribution in [0.3, 0.4) is 0 Å². The molecule has 0 amide bonds. The Hall–Kier alpha value is -0.780. The molecule has 1 heterocycles. The molecule has 0 radical (unpaired) electrons. The van der Waals surface area contributed by atoms with Crippen molar-refractivity contribution in [2.75, 3.05) is 13.2 Å². The minimum Gasteiger partial charge on any atom is -0.344 e. The molecule has 94 valence electrons. The topological polar surface area (TPSA) is 18.5 Å². The average molecular weight is 267 g/mol. The molecule has 0 aliphatic carbocycles. The molecule has 0 N–H and O–H groups in total. The second-order valence-electron chi connectivity index (χ2n) is 3.84. The van der Waals surface area contributed by atoms with Crippen molar-refractivity contribution in [1.29, 1.82) is 0 Å². The van der Waals surface area contributed by atoms with Crippen molar-refractivity contribution in [2.24, 2.45) is 0 Å². The van der Waals surface area contributed by atoms with E-state index in [1.165, 1.54) is 12.1 Å². The lowest BCUT2D eigenvalue weighted by Gasteiger charge is -2.24. The molecule has 1 aromatic rings. The molecule has 0 unspecified atom stereocenters. The van der Waals surface area contributed by atoms with Crippen LogP contribution in [0.2, 0.25) is 5.02 Å². The summed E-state index contributed by atoms with van der Waals surface area (Å²) in [5, 5.41) is -0.331. The Morgan fingerprint density at radius 2 is 1.82 bits per heavy atom. The van der Waals surface area contributed by atoms with Gasteiger partial charge < -0.3 is 9.47 Å². The van der Waals surface area contributed by atoms with Crippen LogP contribution < -0.4 is 0 Å². The minimum atomic E-state index is -4.48. The molecule has 1 fully saturated rings. The van der Waals surface area contributed by atoms with Gasteiger partial charge in [0.05, 0.1) is 23.8 Å². The number of benzene rings is 1. The van der Waals surface area contributed by atoms with Gasteiger partial charge in [0.25, 0.3) is 0 Å². The van der Waals surface area contributed by atoms with Gasteiger partial charge >= 0.3 is 6.18 Å². The monoisotopic (exact) mass is 266 g/mol. The molecule has 17 heavy (non-hydrogen) atoms. The third-order valence-electron chi connectivity index (χ3n) is 2.63. The minimum absolute atomic E-state index is 0.312. The molecule has 1 aliphatic heterocycles. The largest absolute Gasteiger partial charge is 0.417 e. The van der Waals surface area contributed by atoms with E-state index < -0.39 is 17.5 Å². The number of halogens is 4. The molecule has 0 atom stereocenters. The first-order valence-electron chi connectivity index (χ1n) is 4.98. The fraction of sp³-hybridized carbons (Fsp3) is 0.455. The fourth-order valence-corrected chi connectivity index (χ4v) is 1.93. The van der Waals surface area contributed by atoms with E-state index in [9.17, 15) is 13.2 Å². The van der Waals surface area contributed by atoms with Gasteiger partial charge in [0.1, 0.15) is 0 Å². The van der Waals surface area contributed by atoms with Crippen LogP contribution in [-0.4, -0.2) is 13.2 Å². The summed E-state index contributed by atoms with van der Waals surface area (Å²) in [4.78, 5) is 0.